The fourth-order valence-corrected chi connectivity index (χ4v) is 7.29. The van der Waals surface area contributed by atoms with Crippen LogP contribution in [-0.2, 0) is 0 Å². The summed E-state index contributed by atoms with van der Waals surface area (Å²) in [6.07, 6.45) is 16.7. The summed E-state index contributed by atoms with van der Waals surface area (Å²) in [6.45, 7) is 0. The average molecular weight is 819 g/mol. The van der Waals surface area contributed by atoms with Crippen molar-refractivity contribution in [2.45, 2.75) is 0 Å². The first kappa shape index (κ1) is 38.5. The second kappa shape index (κ2) is 17.9. The minimum Gasteiger partial charge on any atom is -0.457 e. The minimum atomic E-state index is 0.773. The van der Waals surface area contributed by atoms with Crippen LogP contribution in [0.25, 0.3) is 45.0 Å². The Kier molecular flexibility index (Phi) is 10.9. The van der Waals surface area contributed by atoms with Crippen molar-refractivity contribution >= 4 is 0 Å². The summed E-state index contributed by atoms with van der Waals surface area (Å²) in [6, 6.07) is 69.1. The predicted octanol–water partition coefficient (Wildman–Crippen LogP) is 11.5. The molecule has 0 radical (unpaired) electrons. The number of benzene rings is 6. The van der Waals surface area contributed by atoms with Gasteiger partial charge in [0.2, 0.25) is 22.7 Å². The van der Waals surface area contributed by atoms with Crippen molar-refractivity contribution in [1.29, 1.82) is 0 Å². The van der Waals surface area contributed by atoms with Gasteiger partial charge in [-0.3, -0.25) is 0 Å². The Hall–Kier alpha value is -8.68. The largest absolute Gasteiger partial charge is 0.457 e. The van der Waals surface area contributed by atoms with Crippen molar-refractivity contribution in [2.24, 2.45) is 0 Å². The van der Waals surface area contributed by atoms with Crippen LogP contribution in [0.2, 0.25) is 0 Å². The lowest BCUT2D eigenvalue weighted by Gasteiger charge is -2.06. The van der Waals surface area contributed by atoms with E-state index in [0.29, 0.717) is 0 Å². The molecule has 63 heavy (non-hydrogen) atoms. The Bertz CT molecular complexity index is 2820. The summed E-state index contributed by atoms with van der Waals surface area (Å²) in [5, 5.41) is 0. The van der Waals surface area contributed by atoms with E-state index >= 15 is 0 Å². The molecule has 0 unspecified atom stereocenters. The summed E-state index contributed by atoms with van der Waals surface area (Å²) >= 11 is 0. The zero-order chi connectivity index (χ0) is 42.2. The number of pyridine rings is 4. The van der Waals surface area contributed by atoms with Crippen molar-refractivity contribution < 1.29 is 32.5 Å². The molecule has 0 bridgehead atoms. The first-order valence-electron chi connectivity index (χ1n) is 20.8. The molecule has 0 amide bonds. The molecule has 4 aromatic heterocycles. The van der Waals surface area contributed by atoms with Crippen molar-refractivity contribution in [3.63, 3.8) is 0 Å². The quantitative estimate of drug-likeness (QED) is 0.115. The summed E-state index contributed by atoms with van der Waals surface area (Å²) in [5.41, 5.74) is 8.78. The van der Waals surface area contributed by atoms with Crippen molar-refractivity contribution in [2.75, 3.05) is 0 Å². The molecule has 0 saturated heterocycles. The zero-order valence-corrected chi connectivity index (χ0v) is 34.3. The molecule has 10 rings (SSSR count). The predicted molar refractivity (Wildman–Crippen MR) is 243 cm³/mol. The summed E-state index contributed by atoms with van der Waals surface area (Å²) < 4.78 is 26.5. The van der Waals surface area contributed by atoms with E-state index in [1.165, 1.54) is 0 Å². The maximum Gasteiger partial charge on any atom is 0.210 e. The van der Waals surface area contributed by atoms with E-state index in [-0.39, 0.29) is 0 Å². The highest BCUT2D eigenvalue weighted by Gasteiger charge is 2.13. The SMILES string of the molecule is c1ccc(Oc2ccc(-[n+]3ccc(-c4cc[n+](-c5ccc(Oc6ccc(-[n+]7ccc(-c8cc[n+](-c9ccc(Oc%10ccccc%10)cc9)cc8)cc7)cc6)cc5)cc4)cc3)cc2)cc1. The molecule has 0 fully saturated rings. The van der Waals surface area contributed by atoms with Crippen LogP contribution in [0.3, 0.4) is 0 Å². The van der Waals surface area contributed by atoms with Gasteiger partial charge < -0.3 is 14.2 Å². The van der Waals surface area contributed by atoms with Crippen LogP contribution < -0.4 is 32.5 Å². The number of nitrogens with zero attached hydrogens (tertiary/aromatic N) is 4. The van der Waals surface area contributed by atoms with Crippen LogP contribution in [0, 0.1) is 0 Å². The highest BCUT2D eigenvalue weighted by atomic mass is 16.5. The lowest BCUT2D eigenvalue weighted by Crippen LogP contribution is -2.29. The van der Waals surface area contributed by atoms with Gasteiger partial charge in [0.05, 0.1) is 0 Å². The number of aromatic nitrogens is 4. The second-order valence-electron chi connectivity index (χ2n) is 14.9. The minimum absolute atomic E-state index is 0.773. The van der Waals surface area contributed by atoms with Gasteiger partial charge in [-0.1, -0.05) is 36.4 Å². The number of hydrogen-bond acceptors (Lipinski definition) is 3. The molecular formula is C56H42N4O3+4. The van der Waals surface area contributed by atoms with Gasteiger partial charge in [0, 0.05) is 97.1 Å². The Labute approximate surface area is 366 Å². The van der Waals surface area contributed by atoms with Gasteiger partial charge in [-0.05, 0) is 95.1 Å². The van der Waals surface area contributed by atoms with E-state index in [2.05, 4.69) is 165 Å². The lowest BCUT2D eigenvalue weighted by molar-refractivity contribution is -0.596. The van der Waals surface area contributed by atoms with Crippen LogP contribution in [-0.4, -0.2) is 0 Å². The van der Waals surface area contributed by atoms with Crippen molar-refractivity contribution in [3.05, 3.63) is 256 Å². The monoisotopic (exact) mass is 818 g/mol. The highest BCUT2D eigenvalue weighted by molar-refractivity contribution is 5.62. The molecular weight excluding hydrogens is 777 g/mol. The fraction of sp³-hybridized carbons (Fsp3) is 0. The lowest BCUT2D eigenvalue weighted by atomic mass is 10.1. The number of ether oxygens (including phenoxy) is 3. The zero-order valence-electron chi connectivity index (χ0n) is 34.3. The summed E-state index contributed by atoms with van der Waals surface area (Å²) in [4.78, 5) is 0. The van der Waals surface area contributed by atoms with Gasteiger partial charge in [-0.2, -0.15) is 18.3 Å². The van der Waals surface area contributed by atoms with Crippen LogP contribution >= 0.6 is 0 Å². The van der Waals surface area contributed by atoms with Crippen LogP contribution in [0.4, 0.5) is 0 Å². The molecule has 6 aromatic carbocycles. The van der Waals surface area contributed by atoms with Gasteiger partial charge in [0.25, 0.3) is 0 Å². The van der Waals surface area contributed by atoms with E-state index in [1.54, 1.807) is 0 Å². The molecule has 7 heteroatoms. The van der Waals surface area contributed by atoms with E-state index in [0.717, 1.165) is 79.5 Å². The molecule has 10 aromatic rings. The molecule has 0 spiro atoms. The van der Waals surface area contributed by atoms with Crippen LogP contribution in [0.5, 0.6) is 34.5 Å². The Morgan fingerprint density at radius 2 is 0.381 bits per heavy atom. The fourth-order valence-electron chi connectivity index (χ4n) is 7.29. The van der Waals surface area contributed by atoms with Crippen LogP contribution in [0.15, 0.2) is 256 Å². The van der Waals surface area contributed by atoms with Gasteiger partial charge >= 0.3 is 0 Å². The van der Waals surface area contributed by atoms with Crippen LogP contribution in [0.1, 0.15) is 0 Å². The third kappa shape index (κ3) is 9.23. The molecule has 0 aliphatic carbocycles. The van der Waals surface area contributed by atoms with Gasteiger partial charge in [-0.25, -0.2) is 0 Å². The number of rotatable bonds is 12. The molecule has 0 aliphatic heterocycles. The third-order valence-electron chi connectivity index (χ3n) is 10.7. The molecule has 0 N–H and O–H groups in total. The molecule has 300 valence electrons. The van der Waals surface area contributed by atoms with Crippen molar-refractivity contribution in [3.8, 4) is 79.5 Å². The third-order valence-corrected chi connectivity index (χ3v) is 10.7. The van der Waals surface area contributed by atoms with Gasteiger partial charge in [0.1, 0.15) is 34.5 Å². The maximum absolute atomic E-state index is 6.22. The van der Waals surface area contributed by atoms with E-state index in [9.17, 15) is 0 Å². The molecule has 0 saturated carbocycles. The Balaban J connectivity index is 0.720. The summed E-state index contributed by atoms with van der Waals surface area (Å²) in [5.74, 6) is 4.80. The van der Waals surface area contributed by atoms with Gasteiger partial charge in [0.15, 0.2) is 49.6 Å². The van der Waals surface area contributed by atoms with Crippen molar-refractivity contribution in [1.82, 2.24) is 0 Å². The van der Waals surface area contributed by atoms with E-state index in [1.807, 2.05) is 109 Å². The maximum atomic E-state index is 6.22. The first-order chi connectivity index (χ1) is 31.1. The summed E-state index contributed by atoms with van der Waals surface area (Å²) in [7, 11) is 0. The molecule has 7 nitrogen and oxygen atoms in total. The second-order valence-corrected chi connectivity index (χ2v) is 14.9. The molecule has 0 atom stereocenters. The number of para-hydroxylation sites is 2. The van der Waals surface area contributed by atoms with E-state index in [4.69, 9.17) is 14.2 Å². The average Bonchev–Trinajstić information content (AvgIpc) is 3.36. The van der Waals surface area contributed by atoms with E-state index < -0.39 is 0 Å². The Morgan fingerprint density at radius 3 is 0.587 bits per heavy atom. The number of hydrogen-bond donors (Lipinski definition) is 0. The topological polar surface area (TPSA) is 43.2 Å². The molecule has 0 aliphatic rings. The highest BCUT2D eigenvalue weighted by Crippen LogP contribution is 2.26. The Morgan fingerprint density at radius 1 is 0.190 bits per heavy atom. The first-order valence-corrected chi connectivity index (χ1v) is 20.8. The normalized spacial score (nSPS) is 10.9. The smallest absolute Gasteiger partial charge is 0.210 e. The standard InChI is InChI=1S/C56H42N4O3/c1-3-7-51(8-4-1)61-53-19-11-47(12-20-53)57-35-27-43(28-36-57)45-31-39-59(40-32-45)49-15-23-55(24-16-49)63-56-25-17-50(18-26-56)60-41-33-46(34-42-60)44-29-37-58(38-30-44)48-13-21-54(22-14-48)62-52-9-5-2-6-10-52/h1-42H/q+4. The van der Waals surface area contributed by atoms with Gasteiger partial charge in [-0.15, -0.1) is 0 Å². The molecule has 4 heterocycles.